The first kappa shape index (κ1) is 16.8. The van der Waals surface area contributed by atoms with E-state index in [2.05, 4.69) is 32.5 Å². The standard InChI is InChI=1S/C17H20N6O2/c1-4-9-23-10-14(11(2)21-23)16(24)19-12(3)17-20-15(22-25-17)13-5-7-18-8-6-13/h5-8,10,12H,4,9H2,1-3H3,(H,19,24)/t12-/m1/s1. The predicted octanol–water partition coefficient (Wildman–Crippen LogP) is 2.54. The van der Waals surface area contributed by atoms with E-state index in [-0.39, 0.29) is 5.91 Å². The van der Waals surface area contributed by atoms with Crippen molar-refractivity contribution < 1.29 is 9.32 Å². The van der Waals surface area contributed by atoms with Gasteiger partial charge in [-0.2, -0.15) is 10.1 Å². The molecule has 0 saturated carbocycles. The van der Waals surface area contributed by atoms with Crippen molar-refractivity contribution in [1.29, 1.82) is 0 Å². The molecule has 8 nitrogen and oxygen atoms in total. The Morgan fingerprint density at radius 1 is 1.36 bits per heavy atom. The van der Waals surface area contributed by atoms with Crippen LogP contribution in [0.15, 0.2) is 35.2 Å². The number of amides is 1. The topological polar surface area (TPSA) is 98.7 Å². The zero-order chi connectivity index (χ0) is 17.8. The molecule has 3 aromatic heterocycles. The Labute approximate surface area is 145 Å². The summed E-state index contributed by atoms with van der Waals surface area (Å²) in [6.07, 6.45) is 6.04. The maximum atomic E-state index is 12.5. The van der Waals surface area contributed by atoms with Crippen molar-refractivity contribution in [3.05, 3.63) is 47.9 Å². The van der Waals surface area contributed by atoms with Crippen LogP contribution in [-0.4, -0.2) is 30.8 Å². The second kappa shape index (κ2) is 7.25. The third-order valence-electron chi connectivity index (χ3n) is 3.74. The van der Waals surface area contributed by atoms with Crippen molar-refractivity contribution >= 4 is 5.91 Å². The van der Waals surface area contributed by atoms with E-state index < -0.39 is 6.04 Å². The van der Waals surface area contributed by atoms with Gasteiger partial charge in [0.1, 0.15) is 6.04 Å². The highest BCUT2D eigenvalue weighted by Crippen LogP contribution is 2.18. The Kier molecular flexibility index (Phi) is 4.87. The number of nitrogens with zero attached hydrogens (tertiary/aromatic N) is 5. The fourth-order valence-corrected chi connectivity index (χ4v) is 2.45. The van der Waals surface area contributed by atoms with Crippen LogP contribution in [0.4, 0.5) is 0 Å². The first-order valence-corrected chi connectivity index (χ1v) is 8.17. The van der Waals surface area contributed by atoms with Crippen LogP contribution in [-0.2, 0) is 6.54 Å². The van der Waals surface area contributed by atoms with Crippen molar-refractivity contribution in [3.63, 3.8) is 0 Å². The minimum absolute atomic E-state index is 0.212. The monoisotopic (exact) mass is 340 g/mol. The summed E-state index contributed by atoms with van der Waals surface area (Å²) in [4.78, 5) is 20.8. The van der Waals surface area contributed by atoms with Gasteiger partial charge in [0.05, 0.1) is 11.3 Å². The number of carbonyl (C=O) groups excluding carboxylic acids is 1. The summed E-state index contributed by atoms with van der Waals surface area (Å²) in [7, 11) is 0. The lowest BCUT2D eigenvalue weighted by Crippen LogP contribution is -2.27. The van der Waals surface area contributed by atoms with Crippen LogP contribution < -0.4 is 5.32 Å². The second-order valence-corrected chi connectivity index (χ2v) is 5.78. The molecule has 8 heteroatoms. The molecule has 0 saturated heterocycles. The van der Waals surface area contributed by atoms with Gasteiger partial charge in [-0.3, -0.25) is 14.5 Å². The number of nitrogens with one attached hydrogen (secondary N) is 1. The van der Waals surface area contributed by atoms with E-state index in [0.717, 1.165) is 18.5 Å². The van der Waals surface area contributed by atoms with Gasteiger partial charge in [0.15, 0.2) is 0 Å². The van der Waals surface area contributed by atoms with Gasteiger partial charge >= 0.3 is 0 Å². The molecular formula is C17H20N6O2. The van der Waals surface area contributed by atoms with Crippen LogP contribution in [0.5, 0.6) is 0 Å². The molecule has 0 spiro atoms. The average Bonchev–Trinajstić information content (AvgIpc) is 3.23. The zero-order valence-corrected chi connectivity index (χ0v) is 14.4. The molecule has 3 heterocycles. The van der Waals surface area contributed by atoms with E-state index in [0.29, 0.717) is 23.0 Å². The normalized spacial score (nSPS) is 12.1. The summed E-state index contributed by atoms with van der Waals surface area (Å²) in [6.45, 7) is 6.46. The smallest absolute Gasteiger partial charge is 0.255 e. The van der Waals surface area contributed by atoms with E-state index in [9.17, 15) is 4.79 Å². The van der Waals surface area contributed by atoms with Gasteiger partial charge in [-0.25, -0.2) is 0 Å². The van der Waals surface area contributed by atoms with Crippen molar-refractivity contribution in [2.24, 2.45) is 0 Å². The minimum Gasteiger partial charge on any atom is -0.340 e. The van der Waals surface area contributed by atoms with Crippen LogP contribution in [0.2, 0.25) is 0 Å². The average molecular weight is 340 g/mol. The van der Waals surface area contributed by atoms with Gasteiger partial charge in [-0.05, 0) is 32.4 Å². The molecule has 0 unspecified atom stereocenters. The summed E-state index contributed by atoms with van der Waals surface area (Å²) < 4.78 is 7.06. The summed E-state index contributed by atoms with van der Waals surface area (Å²) in [5.41, 5.74) is 2.05. The molecule has 3 aromatic rings. The number of hydrogen-bond donors (Lipinski definition) is 1. The van der Waals surface area contributed by atoms with Gasteiger partial charge < -0.3 is 9.84 Å². The fraction of sp³-hybridized carbons (Fsp3) is 0.353. The maximum Gasteiger partial charge on any atom is 0.255 e. The third-order valence-corrected chi connectivity index (χ3v) is 3.74. The highest BCUT2D eigenvalue weighted by Gasteiger charge is 2.20. The number of aryl methyl sites for hydroxylation is 2. The Morgan fingerprint density at radius 3 is 2.84 bits per heavy atom. The lowest BCUT2D eigenvalue weighted by Gasteiger charge is -2.08. The number of carbonyl (C=O) groups is 1. The number of pyridine rings is 1. The van der Waals surface area contributed by atoms with Crippen LogP contribution in [0, 0.1) is 6.92 Å². The second-order valence-electron chi connectivity index (χ2n) is 5.78. The van der Waals surface area contributed by atoms with E-state index in [1.165, 1.54) is 0 Å². The van der Waals surface area contributed by atoms with Crippen molar-refractivity contribution in [1.82, 2.24) is 30.2 Å². The van der Waals surface area contributed by atoms with Crippen LogP contribution in [0.3, 0.4) is 0 Å². The van der Waals surface area contributed by atoms with E-state index in [1.54, 1.807) is 42.3 Å². The Morgan fingerprint density at radius 2 is 2.12 bits per heavy atom. The first-order chi connectivity index (χ1) is 12.1. The van der Waals surface area contributed by atoms with Crippen LogP contribution in [0.1, 0.15) is 48.3 Å². The molecule has 0 radical (unpaired) electrons. The van der Waals surface area contributed by atoms with Gasteiger partial charge in [0.2, 0.25) is 11.7 Å². The van der Waals surface area contributed by atoms with Gasteiger partial charge in [0, 0.05) is 30.7 Å². The zero-order valence-electron chi connectivity index (χ0n) is 14.4. The lowest BCUT2D eigenvalue weighted by atomic mass is 10.2. The van der Waals surface area contributed by atoms with E-state index in [1.807, 2.05) is 6.92 Å². The maximum absolute atomic E-state index is 12.5. The molecule has 25 heavy (non-hydrogen) atoms. The molecule has 0 bridgehead atoms. The Hall–Kier alpha value is -3.03. The number of aromatic nitrogens is 5. The highest BCUT2D eigenvalue weighted by molar-refractivity contribution is 5.95. The molecular weight excluding hydrogens is 320 g/mol. The summed E-state index contributed by atoms with van der Waals surface area (Å²) in [5.74, 6) is 0.597. The molecule has 0 fully saturated rings. The number of rotatable bonds is 6. The Bertz CT molecular complexity index is 855. The summed E-state index contributed by atoms with van der Waals surface area (Å²) in [6, 6.07) is 3.18. The molecule has 1 atom stereocenters. The largest absolute Gasteiger partial charge is 0.340 e. The predicted molar refractivity (Wildman–Crippen MR) is 90.7 cm³/mol. The molecule has 0 aliphatic heterocycles. The summed E-state index contributed by atoms with van der Waals surface area (Å²) in [5, 5.41) is 11.2. The molecule has 130 valence electrons. The van der Waals surface area contributed by atoms with E-state index >= 15 is 0 Å². The van der Waals surface area contributed by atoms with Crippen molar-refractivity contribution in [2.45, 2.75) is 39.8 Å². The molecule has 1 N–H and O–H groups in total. The van der Waals surface area contributed by atoms with Crippen molar-refractivity contribution in [3.8, 4) is 11.4 Å². The van der Waals surface area contributed by atoms with Gasteiger partial charge in [0.25, 0.3) is 5.91 Å². The SMILES string of the molecule is CCCn1cc(C(=O)N[C@H](C)c2nc(-c3ccncc3)no2)c(C)n1. The van der Waals surface area contributed by atoms with Gasteiger partial charge in [-0.15, -0.1) is 0 Å². The fourth-order valence-electron chi connectivity index (χ4n) is 2.45. The first-order valence-electron chi connectivity index (χ1n) is 8.17. The summed E-state index contributed by atoms with van der Waals surface area (Å²) >= 11 is 0. The molecule has 0 aliphatic rings. The third kappa shape index (κ3) is 3.73. The van der Waals surface area contributed by atoms with Crippen LogP contribution >= 0.6 is 0 Å². The Balaban J connectivity index is 1.71. The molecule has 3 rings (SSSR count). The molecule has 1 amide bonds. The van der Waals surface area contributed by atoms with Crippen molar-refractivity contribution in [2.75, 3.05) is 0 Å². The highest BCUT2D eigenvalue weighted by atomic mass is 16.5. The quantitative estimate of drug-likeness (QED) is 0.740. The molecule has 0 aliphatic carbocycles. The van der Waals surface area contributed by atoms with Gasteiger partial charge in [-0.1, -0.05) is 12.1 Å². The minimum atomic E-state index is -0.412. The van der Waals surface area contributed by atoms with E-state index in [4.69, 9.17) is 4.52 Å². The number of hydrogen-bond acceptors (Lipinski definition) is 6. The van der Waals surface area contributed by atoms with Crippen LogP contribution in [0.25, 0.3) is 11.4 Å². The molecule has 0 aromatic carbocycles. The lowest BCUT2D eigenvalue weighted by molar-refractivity contribution is 0.0932.